The second-order valence-electron chi connectivity index (χ2n) is 11.0. The zero-order valence-corrected chi connectivity index (χ0v) is 24.3. The molecule has 0 spiro atoms. The third-order valence-corrected chi connectivity index (χ3v) is 6.98. The quantitative estimate of drug-likeness (QED) is 0.187. The van der Waals surface area contributed by atoms with Gasteiger partial charge >= 0.3 is 6.09 Å². The lowest BCUT2D eigenvalue weighted by Gasteiger charge is -2.35. The number of hydrogen-bond acceptors (Lipinski definition) is 5. The van der Waals surface area contributed by atoms with Gasteiger partial charge in [0.25, 0.3) is 0 Å². The average molecular weight is 544 g/mol. The van der Waals surface area contributed by atoms with E-state index in [0.29, 0.717) is 17.7 Å². The van der Waals surface area contributed by atoms with E-state index in [-0.39, 0.29) is 23.6 Å². The minimum Gasteiger partial charge on any atom is -0.444 e. The summed E-state index contributed by atoms with van der Waals surface area (Å²) in [4.78, 5) is 41.9. The van der Waals surface area contributed by atoms with Crippen LogP contribution in [0.1, 0.15) is 103 Å². The van der Waals surface area contributed by atoms with Crippen LogP contribution >= 0.6 is 12.6 Å². The molecule has 0 heterocycles. The van der Waals surface area contributed by atoms with E-state index in [1.54, 1.807) is 37.8 Å². The van der Waals surface area contributed by atoms with Crippen LogP contribution in [0.5, 0.6) is 0 Å². The van der Waals surface area contributed by atoms with Crippen molar-refractivity contribution in [2.45, 2.75) is 109 Å². The predicted octanol–water partition coefficient (Wildman–Crippen LogP) is 5.39. The molecule has 1 saturated carbocycles. The van der Waals surface area contributed by atoms with Crippen molar-refractivity contribution in [3.63, 3.8) is 0 Å². The number of ether oxygens (including phenoxy) is 1. The first kappa shape index (κ1) is 31.6. The van der Waals surface area contributed by atoms with Crippen molar-refractivity contribution in [3.05, 3.63) is 35.4 Å². The second-order valence-corrected chi connectivity index (χ2v) is 11.4. The molecule has 0 saturated heterocycles. The lowest BCUT2D eigenvalue weighted by molar-refractivity contribution is -0.142. The number of nitrogens with zero attached hydrogens (tertiary/aromatic N) is 1. The third-order valence-electron chi connectivity index (χ3n) is 6.61. The Morgan fingerprint density at radius 2 is 1.76 bits per heavy atom. The summed E-state index contributed by atoms with van der Waals surface area (Å²) in [7, 11) is 0. The van der Waals surface area contributed by atoms with Crippen LogP contribution in [0.15, 0.2) is 24.3 Å². The highest BCUT2D eigenvalue weighted by molar-refractivity contribution is 7.80. The fourth-order valence-electron chi connectivity index (χ4n) is 4.67. The fourth-order valence-corrected chi connectivity index (χ4v) is 4.92. The van der Waals surface area contributed by atoms with E-state index in [0.717, 1.165) is 51.4 Å². The van der Waals surface area contributed by atoms with Gasteiger partial charge in [0.05, 0.1) is 0 Å². The summed E-state index contributed by atoms with van der Waals surface area (Å²) in [5.74, 6) is 2.08. The Kier molecular flexibility index (Phi) is 13.0. The Balaban J connectivity index is 2.41. The molecule has 8 heteroatoms. The number of alkyl carbamates (subject to hydrolysis) is 1. The minimum atomic E-state index is -0.950. The molecule has 1 fully saturated rings. The number of amides is 3. The second kappa shape index (κ2) is 15.7. The number of hydrogen-bond donors (Lipinski definition) is 3. The number of benzene rings is 1. The van der Waals surface area contributed by atoms with Crippen LogP contribution in [0.4, 0.5) is 4.79 Å². The molecule has 1 aliphatic rings. The van der Waals surface area contributed by atoms with E-state index in [2.05, 4.69) is 36.1 Å². The maximum Gasteiger partial charge on any atom is 0.408 e. The molecule has 2 atom stereocenters. The van der Waals surface area contributed by atoms with Gasteiger partial charge in [-0.15, -0.1) is 6.42 Å². The van der Waals surface area contributed by atoms with E-state index in [1.807, 2.05) is 12.1 Å². The Labute approximate surface area is 234 Å². The summed E-state index contributed by atoms with van der Waals surface area (Å²) < 4.78 is 5.38. The molecule has 38 heavy (non-hydrogen) atoms. The summed E-state index contributed by atoms with van der Waals surface area (Å²) in [5, 5.41) is 5.87. The summed E-state index contributed by atoms with van der Waals surface area (Å²) >= 11 is 4.36. The van der Waals surface area contributed by atoms with E-state index in [4.69, 9.17) is 11.2 Å². The SMILES string of the molecule is C#Cc1ccc(C(C(=O)NC2CCCCC2)N(CCCCCC)C(=O)C(CS)NC(=O)OC(C)(C)C)cc1. The molecule has 2 N–H and O–H groups in total. The van der Waals surface area contributed by atoms with Crippen molar-refractivity contribution in [2.75, 3.05) is 12.3 Å². The van der Waals surface area contributed by atoms with Gasteiger partial charge in [-0.05, 0) is 57.7 Å². The molecule has 2 unspecified atom stereocenters. The summed E-state index contributed by atoms with van der Waals surface area (Å²) in [6.07, 6.45) is 13.8. The number of rotatable bonds is 12. The largest absolute Gasteiger partial charge is 0.444 e. The van der Waals surface area contributed by atoms with Gasteiger partial charge < -0.3 is 20.3 Å². The number of nitrogens with one attached hydrogen (secondary N) is 2. The Morgan fingerprint density at radius 3 is 2.32 bits per heavy atom. The highest BCUT2D eigenvalue weighted by Crippen LogP contribution is 2.26. The average Bonchev–Trinajstić information content (AvgIpc) is 2.88. The summed E-state index contributed by atoms with van der Waals surface area (Å²) in [6, 6.07) is 5.46. The van der Waals surface area contributed by atoms with Crippen LogP contribution in [0.25, 0.3) is 0 Å². The smallest absolute Gasteiger partial charge is 0.408 e. The Hall–Kier alpha value is -2.66. The van der Waals surface area contributed by atoms with Crippen molar-refractivity contribution in [2.24, 2.45) is 0 Å². The van der Waals surface area contributed by atoms with Crippen LogP contribution < -0.4 is 10.6 Å². The van der Waals surface area contributed by atoms with Crippen molar-refractivity contribution >= 4 is 30.5 Å². The maximum absolute atomic E-state index is 14.0. The fraction of sp³-hybridized carbons (Fsp3) is 0.633. The molecule has 0 bridgehead atoms. The van der Waals surface area contributed by atoms with E-state index >= 15 is 0 Å². The molecule has 7 nitrogen and oxygen atoms in total. The van der Waals surface area contributed by atoms with Gasteiger partial charge in [0.1, 0.15) is 17.7 Å². The minimum absolute atomic E-state index is 0.0660. The normalized spacial score (nSPS) is 15.6. The van der Waals surface area contributed by atoms with Crippen LogP contribution in [-0.2, 0) is 14.3 Å². The van der Waals surface area contributed by atoms with Crippen LogP contribution in [0, 0.1) is 12.3 Å². The van der Waals surface area contributed by atoms with Gasteiger partial charge in [-0.2, -0.15) is 12.6 Å². The van der Waals surface area contributed by atoms with Crippen molar-refractivity contribution in [1.82, 2.24) is 15.5 Å². The molecule has 0 radical (unpaired) electrons. The lowest BCUT2D eigenvalue weighted by atomic mass is 9.94. The number of terminal acetylenes is 1. The van der Waals surface area contributed by atoms with Crippen molar-refractivity contribution in [1.29, 1.82) is 0 Å². The molecule has 2 rings (SSSR count). The standard InChI is InChI=1S/C30H45N3O4S/c1-6-8-9-13-20-33(28(35)25(21-38)32-29(36)37-30(3,4)5)26(23-18-16-22(7-2)17-19-23)27(34)31-24-14-11-10-12-15-24/h2,16-19,24-26,38H,6,8-15,20-21H2,1,3-5H3,(H,31,34)(H,32,36). The molecule has 210 valence electrons. The van der Waals surface area contributed by atoms with Gasteiger partial charge in [0, 0.05) is 23.9 Å². The first-order valence-electron chi connectivity index (χ1n) is 13.9. The van der Waals surface area contributed by atoms with E-state index in [9.17, 15) is 14.4 Å². The van der Waals surface area contributed by atoms with Gasteiger partial charge in [-0.3, -0.25) is 9.59 Å². The Morgan fingerprint density at radius 1 is 1.11 bits per heavy atom. The molecule has 0 aromatic heterocycles. The molecular formula is C30H45N3O4S. The van der Waals surface area contributed by atoms with Crippen LogP contribution in [-0.4, -0.2) is 52.8 Å². The highest BCUT2D eigenvalue weighted by Gasteiger charge is 2.36. The predicted molar refractivity (Wildman–Crippen MR) is 155 cm³/mol. The van der Waals surface area contributed by atoms with Crippen LogP contribution in [0.3, 0.4) is 0 Å². The van der Waals surface area contributed by atoms with Crippen LogP contribution in [0.2, 0.25) is 0 Å². The first-order valence-corrected chi connectivity index (χ1v) is 14.5. The molecule has 1 aromatic carbocycles. The van der Waals surface area contributed by atoms with Gasteiger partial charge in [0.15, 0.2) is 0 Å². The van der Waals surface area contributed by atoms with Crippen molar-refractivity contribution in [3.8, 4) is 12.3 Å². The summed E-state index contributed by atoms with van der Waals surface area (Å²) in [5.41, 5.74) is 0.659. The molecule has 0 aliphatic heterocycles. The van der Waals surface area contributed by atoms with Gasteiger partial charge in [-0.1, -0.05) is 63.5 Å². The van der Waals surface area contributed by atoms with E-state index < -0.39 is 23.8 Å². The summed E-state index contributed by atoms with van der Waals surface area (Å²) in [6.45, 7) is 7.78. The monoisotopic (exact) mass is 543 g/mol. The topological polar surface area (TPSA) is 87.7 Å². The number of carbonyl (C=O) groups is 3. The zero-order chi connectivity index (χ0) is 28.1. The van der Waals surface area contributed by atoms with Crippen molar-refractivity contribution < 1.29 is 19.1 Å². The highest BCUT2D eigenvalue weighted by atomic mass is 32.1. The molecular weight excluding hydrogens is 498 g/mol. The number of unbranched alkanes of at least 4 members (excludes halogenated alkanes) is 3. The zero-order valence-electron chi connectivity index (χ0n) is 23.4. The molecule has 3 amide bonds. The van der Waals surface area contributed by atoms with Gasteiger partial charge in [0.2, 0.25) is 11.8 Å². The number of thiol groups is 1. The number of carbonyl (C=O) groups excluding carboxylic acids is 3. The van der Waals surface area contributed by atoms with Gasteiger partial charge in [-0.25, -0.2) is 4.79 Å². The van der Waals surface area contributed by atoms with E-state index in [1.165, 1.54) is 6.42 Å². The Bertz CT molecular complexity index is 946. The first-order chi connectivity index (χ1) is 18.1. The molecule has 1 aromatic rings. The lowest BCUT2D eigenvalue weighted by Crippen LogP contribution is -2.54. The maximum atomic E-state index is 14.0. The molecule has 1 aliphatic carbocycles. The third kappa shape index (κ3) is 10.2.